The normalized spacial score (nSPS) is 12.6. The Balaban J connectivity index is 2.29. The van der Waals surface area contributed by atoms with Gasteiger partial charge in [0.15, 0.2) is 0 Å². The summed E-state index contributed by atoms with van der Waals surface area (Å²) in [5.74, 6) is 0.0682. The van der Waals surface area contributed by atoms with E-state index >= 15 is 0 Å². The molecule has 0 saturated carbocycles. The van der Waals surface area contributed by atoms with Crippen LogP contribution in [-0.2, 0) is 0 Å². The first-order valence-corrected chi connectivity index (χ1v) is 6.54. The number of hydrogen-bond donors (Lipinski definition) is 1. The van der Waals surface area contributed by atoms with Crippen molar-refractivity contribution in [1.29, 1.82) is 0 Å². The molecule has 90 valence electrons. The van der Waals surface area contributed by atoms with E-state index in [9.17, 15) is 4.39 Å². The minimum Gasteiger partial charge on any atom is -0.330 e. The molecule has 1 atom stereocenters. The lowest BCUT2D eigenvalue weighted by atomic mass is 10.0. The standard InChI is InChI=1S/C13H15FN2S/c1-2-9(7-15)12-8-17-13(16-12)10-4-3-5-11(14)6-10/h3-6,8-9H,2,7,15H2,1H3. The Labute approximate surface area is 104 Å². The number of benzene rings is 1. The fourth-order valence-corrected chi connectivity index (χ4v) is 2.62. The quantitative estimate of drug-likeness (QED) is 0.903. The molecule has 0 aliphatic carbocycles. The van der Waals surface area contributed by atoms with E-state index in [2.05, 4.69) is 11.9 Å². The third-order valence-electron chi connectivity index (χ3n) is 2.79. The van der Waals surface area contributed by atoms with E-state index in [-0.39, 0.29) is 5.82 Å². The van der Waals surface area contributed by atoms with Gasteiger partial charge in [-0.15, -0.1) is 11.3 Å². The van der Waals surface area contributed by atoms with Crippen LogP contribution in [0.25, 0.3) is 10.6 Å². The van der Waals surface area contributed by atoms with Gasteiger partial charge >= 0.3 is 0 Å². The van der Waals surface area contributed by atoms with Crippen LogP contribution in [0.5, 0.6) is 0 Å². The third kappa shape index (κ3) is 2.70. The van der Waals surface area contributed by atoms with E-state index in [1.807, 2.05) is 11.4 Å². The molecular weight excluding hydrogens is 235 g/mol. The summed E-state index contributed by atoms with van der Waals surface area (Å²) in [6, 6.07) is 6.51. The molecule has 0 amide bonds. The summed E-state index contributed by atoms with van der Waals surface area (Å²) in [6.07, 6.45) is 0.975. The number of aromatic nitrogens is 1. The fraction of sp³-hybridized carbons (Fsp3) is 0.308. The molecule has 2 aromatic rings. The Morgan fingerprint density at radius 2 is 2.29 bits per heavy atom. The highest BCUT2D eigenvalue weighted by Crippen LogP contribution is 2.28. The maximum atomic E-state index is 13.1. The number of halogens is 1. The Hall–Kier alpha value is -1.26. The maximum Gasteiger partial charge on any atom is 0.123 e. The molecule has 0 bridgehead atoms. The molecule has 0 radical (unpaired) electrons. The highest BCUT2D eigenvalue weighted by atomic mass is 32.1. The minimum absolute atomic E-state index is 0.231. The summed E-state index contributed by atoms with van der Waals surface area (Å²) >= 11 is 1.54. The van der Waals surface area contributed by atoms with E-state index in [1.165, 1.54) is 23.5 Å². The second-order valence-electron chi connectivity index (χ2n) is 3.93. The molecule has 1 unspecified atom stereocenters. The van der Waals surface area contributed by atoms with E-state index < -0.39 is 0 Å². The van der Waals surface area contributed by atoms with Crippen LogP contribution < -0.4 is 5.73 Å². The lowest BCUT2D eigenvalue weighted by Crippen LogP contribution is -2.11. The first-order valence-electron chi connectivity index (χ1n) is 5.66. The molecule has 1 aromatic heterocycles. The SMILES string of the molecule is CCC(CN)c1csc(-c2cccc(F)c2)n1. The molecule has 1 heterocycles. The van der Waals surface area contributed by atoms with Crippen LogP contribution in [0.2, 0.25) is 0 Å². The number of nitrogens with zero attached hydrogens (tertiary/aromatic N) is 1. The van der Waals surface area contributed by atoms with Gasteiger partial charge in [0.2, 0.25) is 0 Å². The zero-order chi connectivity index (χ0) is 12.3. The topological polar surface area (TPSA) is 38.9 Å². The molecular formula is C13H15FN2S. The summed E-state index contributed by atoms with van der Waals surface area (Å²) < 4.78 is 13.1. The van der Waals surface area contributed by atoms with Gasteiger partial charge in [-0.05, 0) is 18.6 Å². The van der Waals surface area contributed by atoms with Crippen molar-refractivity contribution in [3.63, 3.8) is 0 Å². The summed E-state index contributed by atoms with van der Waals surface area (Å²) in [5.41, 5.74) is 7.53. The van der Waals surface area contributed by atoms with Crippen molar-refractivity contribution in [2.75, 3.05) is 6.54 Å². The molecule has 2 N–H and O–H groups in total. The van der Waals surface area contributed by atoms with Gasteiger partial charge in [0, 0.05) is 23.4 Å². The average Bonchev–Trinajstić information content (AvgIpc) is 2.80. The van der Waals surface area contributed by atoms with Crippen molar-refractivity contribution in [3.8, 4) is 10.6 Å². The molecule has 0 spiro atoms. The first kappa shape index (κ1) is 12.2. The molecule has 2 nitrogen and oxygen atoms in total. The maximum absolute atomic E-state index is 13.1. The summed E-state index contributed by atoms with van der Waals surface area (Å²) in [5, 5.41) is 2.87. The molecule has 0 fully saturated rings. The molecule has 0 aliphatic rings. The summed E-state index contributed by atoms with van der Waals surface area (Å²) in [7, 11) is 0. The minimum atomic E-state index is -0.231. The zero-order valence-electron chi connectivity index (χ0n) is 9.69. The van der Waals surface area contributed by atoms with Crippen molar-refractivity contribution < 1.29 is 4.39 Å². The van der Waals surface area contributed by atoms with Gasteiger partial charge < -0.3 is 5.73 Å². The molecule has 0 aliphatic heterocycles. The largest absolute Gasteiger partial charge is 0.330 e. The van der Waals surface area contributed by atoms with E-state index in [1.54, 1.807) is 6.07 Å². The van der Waals surface area contributed by atoms with Crippen LogP contribution in [-0.4, -0.2) is 11.5 Å². The van der Waals surface area contributed by atoms with Crippen LogP contribution in [0.15, 0.2) is 29.6 Å². The highest BCUT2D eigenvalue weighted by Gasteiger charge is 2.12. The van der Waals surface area contributed by atoms with Gasteiger partial charge in [-0.25, -0.2) is 9.37 Å². The van der Waals surface area contributed by atoms with Gasteiger partial charge in [0.25, 0.3) is 0 Å². The summed E-state index contributed by atoms with van der Waals surface area (Å²) in [4.78, 5) is 4.54. The van der Waals surface area contributed by atoms with Gasteiger partial charge in [0.1, 0.15) is 10.8 Å². The van der Waals surface area contributed by atoms with Gasteiger partial charge in [-0.2, -0.15) is 0 Å². The fourth-order valence-electron chi connectivity index (χ4n) is 1.72. The molecule has 4 heteroatoms. The number of rotatable bonds is 4. The van der Waals surface area contributed by atoms with Crippen LogP contribution in [0, 0.1) is 5.82 Å². The van der Waals surface area contributed by atoms with Gasteiger partial charge in [-0.3, -0.25) is 0 Å². The van der Waals surface area contributed by atoms with Crippen LogP contribution in [0.3, 0.4) is 0 Å². The first-order chi connectivity index (χ1) is 8.24. The second-order valence-corrected chi connectivity index (χ2v) is 4.79. The van der Waals surface area contributed by atoms with Crippen molar-refractivity contribution >= 4 is 11.3 Å². The number of nitrogens with two attached hydrogens (primary N) is 1. The number of thiazole rings is 1. The van der Waals surface area contributed by atoms with Gasteiger partial charge in [0.05, 0.1) is 5.69 Å². The van der Waals surface area contributed by atoms with Crippen molar-refractivity contribution in [3.05, 3.63) is 41.2 Å². The Morgan fingerprint density at radius 3 is 2.94 bits per heavy atom. The molecule has 0 saturated heterocycles. The predicted molar refractivity (Wildman–Crippen MR) is 69.6 cm³/mol. The summed E-state index contributed by atoms with van der Waals surface area (Å²) in [6.45, 7) is 2.70. The highest BCUT2D eigenvalue weighted by molar-refractivity contribution is 7.13. The van der Waals surface area contributed by atoms with Crippen LogP contribution in [0.4, 0.5) is 4.39 Å². The van der Waals surface area contributed by atoms with Crippen molar-refractivity contribution in [2.45, 2.75) is 19.3 Å². The molecule has 2 rings (SSSR count). The Morgan fingerprint density at radius 1 is 1.47 bits per heavy atom. The zero-order valence-corrected chi connectivity index (χ0v) is 10.5. The van der Waals surface area contributed by atoms with E-state index in [0.29, 0.717) is 12.5 Å². The number of hydrogen-bond acceptors (Lipinski definition) is 3. The molecule has 1 aromatic carbocycles. The Bertz CT molecular complexity index is 492. The lowest BCUT2D eigenvalue weighted by Gasteiger charge is -2.07. The predicted octanol–water partition coefficient (Wildman–Crippen LogP) is 3.40. The lowest BCUT2D eigenvalue weighted by molar-refractivity contribution is 0.628. The molecule has 17 heavy (non-hydrogen) atoms. The van der Waals surface area contributed by atoms with Crippen LogP contribution in [0.1, 0.15) is 25.0 Å². The van der Waals surface area contributed by atoms with Crippen molar-refractivity contribution in [2.24, 2.45) is 5.73 Å². The van der Waals surface area contributed by atoms with Gasteiger partial charge in [-0.1, -0.05) is 19.1 Å². The monoisotopic (exact) mass is 250 g/mol. The Kier molecular flexibility index (Phi) is 3.86. The smallest absolute Gasteiger partial charge is 0.123 e. The third-order valence-corrected chi connectivity index (χ3v) is 3.70. The van der Waals surface area contributed by atoms with Crippen molar-refractivity contribution in [1.82, 2.24) is 4.98 Å². The van der Waals surface area contributed by atoms with Crippen LogP contribution >= 0.6 is 11.3 Å². The van der Waals surface area contributed by atoms with E-state index in [0.717, 1.165) is 22.7 Å². The van der Waals surface area contributed by atoms with E-state index in [4.69, 9.17) is 5.73 Å². The average molecular weight is 250 g/mol. The second kappa shape index (κ2) is 5.38.